The van der Waals surface area contributed by atoms with E-state index in [1.54, 1.807) is 0 Å². The van der Waals surface area contributed by atoms with Crippen molar-refractivity contribution in [1.29, 1.82) is 0 Å². The molecule has 0 saturated heterocycles. The molecule has 0 fully saturated rings. The molecule has 1 aliphatic heterocycles. The fourth-order valence-electron chi connectivity index (χ4n) is 2.95. The van der Waals surface area contributed by atoms with Gasteiger partial charge >= 0.3 is 0 Å². The maximum absolute atomic E-state index is 5.86. The molecule has 1 atom stereocenters. The van der Waals surface area contributed by atoms with Crippen molar-refractivity contribution in [2.45, 2.75) is 19.9 Å². The van der Waals surface area contributed by atoms with E-state index in [2.05, 4.69) is 43.4 Å². The molecule has 110 valence electrons. The van der Waals surface area contributed by atoms with Crippen LogP contribution < -0.4 is 14.8 Å². The molecule has 1 N–H and O–H groups in total. The van der Waals surface area contributed by atoms with Gasteiger partial charge in [0.2, 0.25) is 0 Å². The molecular formula is C18H21NO2. The molecule has 1 heterocycles. The lowest BCUT2D eigenvalue weighted by molar-refractivity contribution is 0.169. The second kappa shape index (κ2) is 5.78. The lowest BCUT2D eigenvalue weighted by Gasteiger charge is -2.26. The van der Waals surface area contributed by atoms with Crippen LogP contribution in [0.2, 0.25) is 0 Å². The quantitative estimate of drug-likeness (QED) is 0.936. The second-order valence-electron chi connectivity index (χ2n) is 5.45. The summed E-state index contributed by atoms with van der Waals surface area (Å²) in [6.07, 6.45) is 0. The van der Waals surface area contributed by atoms with Crippen molar-refractivity contribution in [2.24, 2.45) is 0 Å². The van der Waals surface area contributed by atoms with E-state index in [-0.39, 0.29) is 6.04 Å². The first-order valence-corrected chi connectivity index (χ1v) is 7.33. The van der Waals surface area contributed by atoms with Crippen LogP contribution in [0.5, 0.6) is 11.5 Å². The Hall–Kier alpha value is -2.00. The van der Waals surface area contributed by atoms with Gasteiger partial charge in [0.05, 0.1) is 6.04 Å². The van der Waals surface area contributed by atoms with Crippen molar-refractivity contribution in [1.82, 2.24) is 5.32 Å². The highest BCUT2D eigenvalue weighted by atomic mass is 16.6. The van der Waals surface area contributed by atoms with Gasteiger partial charge in [-0.3, -0.25) is 0 Å². The minimum atomic E-state index is 0.0993. The van der Waals surface area contributed by atoms with E-state index in [1.807, 2.05) is 19.2 Å². The minimum absolute atomic E-state index is 0.0993. The maximum Gasteiger partial charge on any atom is 0.166 e. The van der Waals surface area contributed by atoms with Gasteiger partial charge in [0, 0.05) is 5.56 Å². The number of hydrogen-bond acceptors (Lipinski definition) is 3. The largest absolute Gasteiger partial charge is 0.486 e. The van der Waals surface area contributed by atoms with Gasteiger partial charge in [0.1, 0.15) is 13.2 Å². The molecule has 3 heteroatoms. The summed E-state index contributed by atoms with van der Waals surface area (Å²) in [6, 6.07) is 12.8. The Labute approximate surface area is 125 Å². The van der Waals surface area contributed by atoms with Crippen molar-refractivity contribution in [2.75, 3.05) is 20.3 Å². The Bertz CT molecular complexity index is 652. The van der Waals surface area contributed by atoms with Crippen LogP contribution in [0.15, 0.2) is 36.4 Å². The topological polar surface area (TPSA) is 30.5 Å². The highest BCUT2D eigenvalue weighted by Crippen LogP contribution is 2.39. The highest BCUT2D eigenvalue weighted by Gasteiger charge is 2.23. The van der Waals surface area contributed by atoms with Crippen molar-refractivity contribution in [3.63, 3.8) is 0 Å². The van der Waals surface area contributed by atoms with Crippen molar-refractivity contribution in [3.05, 3.63) is 58.7 Å². The summed E-state index contributed by atoms with van der Waals surface area (Å²) < 4.78 is 11.5. The number of fused-ring (bicyclic) bond motifs is 1. The Balaban J connectivity index is 2.08. The molecule has 0 bridgehead atoms. The fourth-order valence-corrected chi connectivity index (χ4v) is 2.95. The smallest absolute Gasteiger partial charge is 0.166 e. The Morgan fingerprint density at radius 2 is 1.81 bits per heavy atom. The predicted octanol–water partition coefficient (Wildman–Crippen LogP) is 3.38. The lowest BCUT2D eigenvalue weighted by atomic mass is 9.93. The van der Waals surface area contributed by atoms with E-state index in [9.17, 15) is 0 Å². The van der Waals surface area contributed by atoms with E-state index in [0.717, 1.165) is 17.1 Å². The van der Waals surface area contributed by atoms with Gasteiger partial charge in [0.15, 0.2) is 11.5 Å². The predicted molar refractivity (Wildman–Crippen MR) is 84.3 cm³/mol. The molecule has 0 radical (unpaired) electrons. The first-order chi connectivity index (χ1) is 10.2. The van der Waals surface area contributed by atoms with Crippen LogP contribution in [-0.2, 0) is 0 Å². The zero-order valence-corrected chi connectivity index (χ0v) is 12.8. The van der Waals surface area contributed by atoms with Crippen LogP contribution in [-0.4, -0.2) is 20.3 Å². The molecule has 3 nitrogen and oxygen atoms in total. The molecular weight excluding hydrogens is 262 g/mol. The summed E-state index contributed by atoms with van der Waals surface area (Å²) in [7, 11) is 1.98. The number of benzene rings is 2. The zero-order valence-electron chi connectivity index (χ0n) is 12.8. The molecule has 2 aromatic carbocycles. The summed E-state index contributed by atoms with van der Waals surface area (Å²) in [6.45, 7) is 5.49. The Kier molecular flexibility index (Phi) is 3.84. The number of rotatable bonds is 3. The molecule has 2 aromatic rings. The van der Waals surface area contributed by atoms with Crippen LogP contribution >= 0.6 is 0 Å². The molecule has 0 saturated carbocycles. The summed E-state index contributed by atoms with van der Waals surface area (Å²) in [5, 5.41) is 3.41. The monoisotopic (exact) mass is 283 g/mol. The first kappa shape index (κ1) is 14.0. The summed E-state index contributed by atoms with van der Waals surface area (Å²) in [5.74, 6) is 1.70. The molecule has 1 aliphatic rings. The fraction of sp³-hybridized carbons (Fsp3) is 0.333. The Morgan fingerprint density at radius 3 is 2.57 bits per heavy atom. The SMILES string of the molecule is CNC(c1ccc(C)cc1C)c1cccc2c1OCCO2. The summed E-state index contributed by atoms with van der Waals surface area (Å²) in [5.41, 5.74) is 4.96. The van der Waals surface area contributed by atoms with Crippen LogP contribution in [0, 0.1) is 13.8 Å². The van der Waals surface area contributed by atoms with Crippen LogP contribution in [0.4, 0.5) is 0 Å². The zero-order chi connectivity index (χ0) is 14.8. The normalized spacial score (nSPS) is 14.8. The molecule has 3 rings (SSSR count). The third-order valence-electron chi connectivity index (χ3n) is 3.93. The molecule has 0 amide bonds. The lowest BCUT2D eigenvalue weighted by Crippen LogP contribution is -2.22. The van der Waals surface area contributed by atoms with E-state index < -0.39 is 0 Å². The van der Waals surface area contributed by atoms with E-state index >= 15 is 0 Å². The van der Waals surface area contributed by atoms with E-state index in [1.165, 1.54) is 16.7 Å². The van der Waals surface area contributed by atoms with Crippen molar-refractivity contribution >= 4 is 0 Å². The van der Waals surface area contributed by atoms with Crippen LogP contribution in [0.25, 0.3) is 0 Å². The summed E-state index contributed by atoms with van der Waals surface area (Å²) in [4.78, 5) is 0. The molecule has 0 aliphatic carbocycles. The third kappa shape index (κ3) is 2.61. The van der Waals surface area contributed by atoms with Gasteiger partial charge < -0.3 is 14.8 Å². The van der Waals surface area contributed by atoms with E-state index in [0.29, 0.717) is 13.2 Å². The van der Waals surface area contributed by atoms with Gasteiger partial charge in [-0.05, 0) is 38.1 Å². The average Bonchev–Trinajstić information content (AvgIpc) is 2.50. The molecule has 1 unspecified atom stereocenters. The Morgan fingerprint density at radius 1 is 1.00 bits per heavy atom. The molecule has 21 heavy (non-hydrogen) atoms. The molecule has 0 spiro atoms. The standard InChI is InChI=1S/C18H21NO2/c1-12-7-8-14(13(2)11-12)17(19-3)15-5-4-6-16-18(15)21-10-9-20-16/h4-8,11,17,19H,9-10H2,1-3H3. The maximum atomic E-state index is 5.86. The van der Waals surface area contributed by atoms with Gasteiger partial charge in [-0.2, -0.15) is 0 Å². The first-order valence-electron chi connectivity index (χ1n) is 7.33. The van der Waals surface area contributed by atoms with E-state index in [4.69, 9.17) is 9.47 Å². The van der Waals surface area contributed by atoms with Gasteiger partial charge in [-0.25, -0.2) is 0 Å². The third-order valence-corrected chi connectivity index (χ3v) is 3.93. The van der Waals surface area contributed by atoms with Crippen molar-refractivity contribution in [3.8, 4) is 11.5 Å². The number of aryl methyl sites for hydroxylation is 2. The number of hydrogen-bond donors (Lipinski definition) is 1. The van der Waals surface area contributed by atoms with Crippen LogP contribution in [0.3, 0.4) is 0 Å². The van der Waals surface area contributed by atoms with Gasteiger partial charge in [0.25, 0.3) is 0 Å². The van der Waals surface area contributed by atoms with Gasteiger partial charge in [-0.1, -0.05) is 35.9 Å². The molecule has 0 aromatic heterocycles. The van der Waals surface area contributed by atoms with Crippen molar-refractivity contribution < 1.29 is 9.47 Å². The number of nitrogens with one attached hydrogen (secondary N) is 1. The average molecular weight is 283 g/mol. The number of para-hydroxylation sites is 1. The van der Waals surface area contributed by atoms with Crippen LogP contribution in [0.1, 0.15) is 28.3 Å². The number of ether oxygens (including phenoxy) is 2. The van der Waals surface area contributed by atoms with Gasteiger partial charge in [-0.15, -0.1) is 0 Å². The highest BCUT2D eigenvalue weighted by molar-refractivity contribution is 5.52. The summed E-state index contributed by atoms with van der Waals surface area (Å²) >= 11 is 0. The second-order valence-corrected chi connectivity index (χ2v) is 5.45. The minimum Gasteiger partial charge on any atom is -0.486 e.